The summed E-state index contributed by atoms with van der Waals surface area (Å²) in [6, 6.07) is 8.63. The number of hydrogen-bond acceptors (Lipinski definition) is 4. The van der Waals surface area contributed by atoms with E-state index in [4.69, 9.17) is 4.74 Å². The van der Waals surface area contributed by atoms with E-state index in [1.165, 1.54) is 6.92 Å². The van der Waals surface area contributed by atoms with Crippen LogP contribution < -0.4 is 14.4 Å². The average Bonchev–Trinajstić information content (AvgIpc) is 2.61. The van der Waals surface area contributed by atoms with Crippen molar-refractivity contribution in [1.82, 2.24) is 5.32 Å². The van der Waals surface area contributed by atoms with E-state index in [1.54, 1.807) is 24.3 Å². The van der Waals surface area contributed by atoms with E-state index >= 15 is 0 Å². The molecule has 0 aromatic heterocycles. The van der Waals surface area contributed by atoms with Gasteiger partial charge >= 0.3 is 0 Å². The van der Waals surface area contributed by atoms with Crippen LogP contribution in [0.2, 0.25) is 0 Å². The Morgan fingerprint density at radius 3 is 2.38 bits per heavy atom. The molecular formula is C20H24F2N2O4S. The summed E-state index contributed by atoms with van der Waals surface area (Å²) in [6.45, 7) is 5.31. The van der Waals surface area contributed by atoms with Gasteiger partial charge in [-0.2, -0.15) is 0 Å². The zero-order chi connectivity index (χ0) is 21.8. The monoisotopic (exact) mass is 426 g/mol. The highest BCUT2D eigenvalue weighted by Gasteiger charge is 2.29. The van der Waals surface area contributed by atoms with Gasteiger partial charge in [-0.15, -0.1) is 0 Å². The van der Waals surface area contributed by atoms with Gasteiger partial charge in [0.25, 0.3) is 0 Å². The number of amides is 1. The fourth-order valence-electron chi connectivity index (χ4n) is 2.77. The standard InChI is InChI=1S/C20H24F2N2O4S/c1-13(2)28-17-7-5-6-15(10-17)12-23-20(25)14(3)24(29(4,26)27)16-8-9-18(21)19(22)11-16/h5-11,13-14H,12H2,1-4H3,(H,23,25). The number of anilines is 1. The highest BCUT2D eigenvalue weighted by molar-refractivity contribution is 7.92. The predicted octanol–water partition coefficient (Wildman–Crippen LogP) is 3.22. The summed E-state index contributed by atoms with van der Waals surface area (Å²) >= 11 is 0. The molecular weight excluding hydrogens is 402 g/mol. The smallest absolute Gasteiger partial charge is 0.243 e. The van der Waals surface area contributed by atoms with Crippen molar-refractivity contribution in [2.75, 3.05) is 10.6 Å². The quantitative estimate of drug-likeness (QED) is 0.703. The molecule has 6 nitrogen and oxygen atoms in total. The lowest BCUT2D eigenvalue weighted by Crippen LogP contribution is -2.47. The van der Waals surface area contributed by atoms with Gasteiger partial charge < -0.3 is 10.1 Å². The van der Waals surface area contributed by atoms with Crippen LogP contribution in [0.25, 0.3) is 0 Å². The number of halogens is 2. The molecule has 0 radical (unpaired) electrons. The number of sulfonamides is 1. The fraction of sp³-hybridized carbons (Fsp3) is 0.350. The Morgan fingerprint density at radius 2 is 1.79 bits per heavy atom. The molecule has 0 aliphatic rings. The molecule has 0 fully saturated rings. The third-order valence-electron chi connectivity index (χ3n) is 3.98. The van der Waals surface area contributed by atoms with Crippen LogP contribution >= 0.6 is 0 Å². The molecule has 2 aromatic carbocycles. The van der Waals surface area contributed by atoms with E-state index < -0.39 is 33.6 Å². The Hall–Kier alpha value is -2.68. The first kappa shape index (κ1) is 22.6. The summed E-state index contributed by atoms with van der Waals surface area (Å²) in [5.41, 5.74) is 0.629. The highest BCUT2D eigenvalue weighted by Crippen LogP contribution is 2.23. The molecule has 29 heavy (non-hydrogen) atoms. The lowest BCUT2D eigenvalue weighted by Gasteiger charge is -2.28. The Bertz CT molecular complexity index is 980. The number of carbonyl (C=O) groups excluding carboxylic acids is 1. The molecule has 1 N–H and O–H groups in total. The van der Waals surface area contributed by atoms with Crippen molar-refractivity contribution in [3.63, 3.8) is 0 Å². The van der Waals surface area contributed by atoms with Crippen LogP contribution in [-0.4, -0.2) is 32.7 Å². The second kappa shape index (κ2) is 9.21. The molecule has 0 saturated carbocycles. The highest BCUT2D eigenvalue weighted by atomic mass is 32.2. The number of rotatable bonds is 8. The second-order valence-corrected chi connectivity index (χ2v) is 8.72. The van der Waals surface area contributed by atoms with Crippen molar-refractivity contribution in [1.29, 1.82) is 0 Å². The molecule has 0 aliphatic carbocycles. The molecule has 2 aromatic rings. The summed E-state index contributed by atoms with van der Waals surface area (Å²) in [5.74, 6) is -2.25. The molecule has 1 unspecified atom stereocenters. The van der Waals surface area contributed by atoms with Crippen molar-refractivity contribution in [2.45, 2.75) is 39.5 Å². The maximum Gasteiger partial charge on any atom is 0.243 e. The van der Waals surface area contributed by atoms with Gasteiger partial charge in [-0.3, -0.25) is 9.10 Å². The van der Waals surface area contributed by atoms with Gasteiger partial charge in [0, 0.05) is 12.6 Å². The van der Waals surface area contributed by atoms with E-state index in [2.05, 4.69) is 5.32 Å². The summed E-state index contributed by atoms with van der Waals surface area (Å²) in [7, 11) is -3.93. The first-order valence-electron chi connectivity index (χ1n) is 8.97. The number of hydrogen-bond donors (Lipinski definition) is 1. The van der Waals surface area contributed by atoms with E-state index in [0.717, 1.165) is 34.3 Å². The van der Waals surface area contributed by atoms with E-state index in [-0.39, 0.29) is 18.3 Å². The van der Waals surface area contributed by atoms with Gasteiger partial charge in [0.05, 0.1) is 18.0 Å². The first-order valence-corrected chi connectivity index (χ1v) is 10.8. The average molecular weight is 426 g/mol. The van der Waals surface area contributed by atoms with Gasteiger partial charge in [0.15, 0.2) is 11.6 Å². The van der Waals surface area contributed by atoms with Gasteiger partial charge in [-0.25, -0.2) is 17.2 Å². The molecule has 158 valence electrons. The van der Waals surface area contributed by atoms with E-state index in [1.807, 2.05) is 13.8 Å². The summed E-state index contributed by atoms with van der Waals surface area (Å²) < 4.78 is 57.6. The summed E-state index contributed by atoms with van der Waals surface area (Å²) in [5, 5.41) is 2.66. The molecule has 0 heterocycles. The summed E-state index contributed by atoms with van der Waals surface area (Å²) in [4.78, 5) is 12.6. The van der Waals surface area contributed by atoms with Crippen LogP contribution in [0.15, 0.2) is 42.5 Å². The number of benzene rings is 2. The number of nitrogens with one attached hydrogen (secondary N) is 1. The minimum absolute atomic E-state index is 0.000660. The maximum absolute atomic E-state index is 13.6. The zero-order valence-electron chi connectivity index (χ0n) is 16.6. The number of carbonyl (C=O) groups is 1. The van der Waals surface area contributed by atoms with Crippen molar-refractivity contribution in [2.24, 2.45) is 0 Å². The maximum atomic E-state index is 13.6. The first-order chi connectivity index (χ1) is 13.5. The fourth-order valence-corrected chi connectivity index (χ4v) is 3.94. The Labute approximate surface area is 169 Å². The van der Waals surface area contributed by atoms with Gasteiger partial charge in [-0.05, 0) is 50.6 Å². The van der Waals surface area contributed by atoms with Crippen LogP contribution in [0.1, 0.15) is 26.3 Å². The second-order valence-electron chi connectivity index (χ2n) is 6.87. The third-order valence-corrected chi connectivity index (χ3v) is 5.22. The Kier molecular flexibility index (Phi) is 7.18. The van der Waals surface area contributed by atoms with Crippen LogP contribution in [0.4, 0.5) is 14.5 Å². The molecule has 1 amide bonds. The number of ether oxygens (including phenoxy) is 1. The van der Waals surface area contributed by atoms with Gasteiger partial charge in [0.2, 0.25) is 15.9 Å². The molecule has 0 aliphatic heterocycles. The van der Waals surface area contributed by atoms with Crippen LogP contribution in [0.5, 0.6) is 5.75 Å². The Balaban J connectivity index is 2.16. The normalized spacial score (nSPS) is 12.5. The molecule has 0 spiro atoms. The van der Waals surface area contributed by atoms with Crippen LogP contribution in [0.3, 0.4) is 0 Å². The van der Waals surface area contributed by atoms with Crippen molar-refractivity contribution in [3.8, 4) is 5.75 Å². The summed E-state index contributed by atoms with van der Waals surface area (Å²) in [6.07, 6.45) is 0.893. The minimum Gasteiger partial charge on any atom is -0.491 e. The largest absolute Gasteiger partial charge is 0.491 e. The van der Waals surface area contributed by atoms with Gasteiger partial charge in [0.1, 0.15) is 11.8 Å². The third kappa shape index (κ3) is 6.15. The predicted molar refractivity (Wildman–Crippen MR) is 107 cm³/mol. The van der Waals surface area contributed by atoms with Crippen molar-refractivity contribution < 1.29 is 26.7 Å². The molecule has 9 heteroatoms. The van der Waals surface area contributed by atoms with Crippen molar-refractivity contribution >= 4 is 21.6 Å². The topological polar surface area (TPSA) is 75.7 Å². The Morgan fingerprint density at radius 1 is 1.10 bits per heavy atom. The van der Waals surface area contributed by atoms with E-state index in [0.29, 0.717) is 5.75 Å². The van der Waals surface area contributed by atoms with Crippen molar-refractivity contribution in [3.05, 3.63) is 59.7 Å². The lowest BCUT2D eigenvalue weighted by atomic mass is 10.2. The molecule has 1 atom stereocenters. The molecule has 0 bridgehead atoms. The molecule has 2 rings (SSSR count). The zero-order valence-corrected chi connectivity index (χ0v) is 17.5. The minimum atomic E-state index is -3.93. The van der Waals surface area contributed by atoms with Crippen LogP contribution in [0, 0.1) is 11.6 Å². The van der Waals surface area contributed by atoms with Crippen LogP contribution in [-0.2, 0) is 21.4 Å². The molecule has 0 saturated heterocycles. The SMILES string of the molecule is CC(C)Oc1cccc(CNC(=O)C(C)N(c2ccc(F)c(F)c2)S(C)(=O)=O)c1. The van der Waals surface area contributed by atoms with Gasteiger partial charge in [-0.1, -0.05) is 12.1 Å². The lowest BCUT2D eigenvalue weighted by molar-refractivity contribution is -0.122. The van der Waals surface area contributed by atoms with E-state index in [9.17, 15) is 22.0 Å². The number of nitrogens with zero attached hydrogens (tertiary/aromatic N) is 1.